The Hall–Kier alpha value is -1.50. The van der Waals surface area contributed by atoms with Crippen molar-refractivity contribution in [1.29, 1.82) is 0 Å². The van der Waals surface area contributed by atoms with Crippen molar-refractivity contribution in [2.45, 2.75) is 6.92 Å². The van der Waals surface area contributed by atoms with Crippen molar-refractivity contribution in [2.24, 2.45) is 0 Å². The van der Waals surface area contributed by atoms with Gasteiger partial charge in [-0.05, 0) is 30.3 Å². The molecule has 13 heavy (non-hydrogen) atoms. The Balaban J connectivity index is 2.35. The number of dihydropyridines is 1. The van der Waals surface area contributed by atoms with E-state index in [1.165, 1.54) is 16.7 Å². The van der Waals surface area contributed by atoms with Crippen molar-refractivity contribution in [2.75, 3.05) is 6.54 Å². The summed E-state index contributed by atoms with van der Waals surface area (Å²) in [5.74, 6) is 0. The molecule has 0 amide bonds. The number of hydrogen-bond acceptors (Lipinski definition) is 1. The van der Waals surface area contributed by atoms with Crippen LogP contribution in [0.2, 0.25) is 0 Å². The van der Waals surface area contributed by atoms with Gasteiger partial charge in [0.2, 0.25) is 0 Å². The smallest absolute Gasteiger partial charge is 0.0334 e. The van der Waals surface area contributed by atoms with Crippen LogP contribution in [0.1, 0.15) is 11.1 Å². The summed E-state index contributed by atoms with van der Waals surface area (Å²) in [5, 5.41) is 3.14. The molecular formula is C12H13N. The van der Waals surface area contributed by atoms with Gasteiger partial charge in [-0.1, -0.05) is 35.9 Å². The summed E-state index contributed by atoms with van der Waals surface area (Å²) in [6.45, 7) is 3.05. The minimum Gasteiger partial charge on any atom is -0.387 e. The number of nitrogens with one attached hydrogen (secondary N) is 1. The average Bonchev–Trinajstić information content (AvgIpc) is 2.19. The summed E-state index contributed by atoms with van der Waals surface area (Å²) in [6, 6.07) is 8.58. The van der Waals surface area contributed by atoms with Crippen LogP contribution in [0.4, 0.5) is 0 Å². The number of benzene rings is 1. The first-order chi connectivity index (χ1) is 6.36. The molecule has 0 fully saturated rings. The molecule has 0 aliphatic carbocycles. The van der Waals surface area contributed by atoms with Gasteiger partial charge in [-0.15, -0.1) is 0 Å². The quantitative estimate of drug-likeness (QED) is 0.684. The van der Waals surface area contributed by atoms with E-state index >= 15 is 0 Å². The van der Waals surface area contributed by atoms with Crippen molar-refractivity contribution in [3.05, 3.63) is 53.7 Å². The van der Waals surface area contributed by atoms with Gasteiger partial charge in [0, 0.05) is 6.54 Å². The molecule has 1 N–H and O–H groups in total. The average molecular weight is 171 g/mol. The zero-order valence-electron chi connectivity index (χ0n) is 7.75. The van der Waals surface area contributed by atoms with E-state index in [-0.39, 0.29) is 0 Å². The Labute approximate surface area is 78.8 Å². The molecule has 0 atom stereocenters. The van der Waals surface area contributed by atoms with Crippen LogP contribution >= 0.6 is 0 Å². The fourth-order valence-electron chi connectivity index (χ4n) is 1.49. The molecule has 2 rings (SSSR count). The standard InChI is InChI=1S/C12H13N/c1-10-3-2-4-12(9-10)11-5-7-13-8-6-11/h2-7,9,13H,8H2,1H3. The van der Waals surface area contributed by atoms with Gasteiger partial charge in [0.1, 0.15) is 0 Å². The van der Waals surface area contributed by atoms with E-state index in [1.54, 1.807) is 0 Å². The first-order valence-electron chi connectivity index (χ1n) is 4.53. The van der Waals surface area contributed by atoms with Crippen molar-refractivity contribution < 1.29 is 0 Å². The molecule has 1 aliphatic rings. The van der Waals surface area contributed by atoms with Gasteiger partial charge < -0.3 is 5.32 Å². The van der Waals surface area contributed by atoms with Crippen LogP contribution in [-0.2, 0) is 0 Å². The molecule has 1 heteroatoms. The zero-order chi connectivity index (χ0) is 9.10. The molecule has 0 bridgehead atoms. The molecule has 0 unspecified atom stereocenters. The SMILES string of the molecule is Cc1cccc(C2=CCNC=C2)c1. The largest absolute Gasteiger partial charge is 0.387 e. The Morgan fingerprint density at radius 3 is 2.92 bits per heavy atom. The summed E-state index contributed by atoms with van der Waals surface area (Å²) in [7, 11) is 0. The summed E-state index contributed by atoms with van der Waals surface area (Å²) in [4.78, 5) is 0. The third kappa shape index (κ3) is 1.81. The lowest BCUT2D eigenvalue weighted by atomic mass is 10.0. The number of hydrogen-bond donors (Lipinski definition) is 1. The van der Waals surface area contributed by atoms with Crippen LogP contribution in [0.15, 0.2) is 42.6 Å². The fourth-order valence-corrected chi connectivity index (χ4v) is 1.49. The Bertz CT molecular complexity index is 361. The van der Waals surface area contributed by atoms with Gasteiger partial charge in [0.15, 0.2) is 0 Å². The van der Waals surface area contributed by atoms with E-state index in [2.05, 4.69) is 48.7 Å². The van der Waals surface area contributed by atoms with Crippen molar-refractivity contribution in [3.8, 4) is 0 Å². The third-order valence-electron chi connectivity index (χ3n) is 2.17. The van der Waals surface area contributed by atoms with Crippen LogP contribution < -0.4 is 5.32 Å². The summed E-state index contributed by atoms with van der Waals surface area (Å²) >= 11 is 0. The molecule has 1 aromatic carbocycles. The van der Waals surface area contributed by atoms with Gasteiger partial charge in [-0.3, -0.25) is 0 Å². The van der Waals surface area contributed by atoms with Gasteiger partial charge >= 0.3 is 0 Å². The summed E-state index contributed by atoms with van der Waals surface area (Å²) < 4.78 is 0. The lowest BCUT2D eigenvalue weighted by Gasteiger charge is -2.08. The van der Waals surface area contributed by atoms with Gasteiger partial charge in [0.05, 0.1) is 0 Å². The van der Waals surface area contributed by atoms with E-state index in [0.29, 0.717) is 0 Å². The normalized spacial score (nSPS) is 15.0. The lowest BCUT2D eigenvalue weighted by Crippen LogP contribution is -2.08. The molecule has 1 nitrogen and oxygen atoms in total. The number of aryl methyl sites for hydroxylation is 1. The van der Waals surface area contributed by atoms with Crippen LogP contribution in [-0.4, -0.2) is 6.54 Å². The monoisotopic (exact) mass is 171 g/mol. The van der Waals surface area contributed by atoms with E-state index in [0.717, 1.165) is 6.54 Å². The van der Waals surface area contributed by atoms with Gasteiger partial charge in [-0.2, -0.15) is 0 Å². The van der Waals surface area contributed by atoms with E-state index in [4.69, 9.17) is 0 Å². The first-order valence-corrected chi connectivity index (χ1v) is 4.53. The zero-order valence-corrected chi connectivity index (χ0v) is 7.75. The molecule has 1 aliphatic heterocycles. The van der Waals surface area contributed by atoms with Crippen LogP contribution in [0, 0.1) is 6.92 Å². The van der Waals surface area contributed by atoms with Crippen molar-refractivity contribution >= 4 is 5.57 Å². The highest BCUT2D eigenvalue weighted by Crippen LogP contribution is 2.17. The van der Waals surface area contributed by atoms with E-state index < -0.39 is 0 Å². The molecule has 0 saturated heterocycles. The summed E-state index contributed by atoms with van der Waals surface area (Å²) in [5.41, 5.74) is 3.92. The molecule has 0 saturated carbocycles. The highest BCUT2D eigenvalue weighted by molar-refractivity contribution is 5.75. The molecule has 0 spiro atoms. The second kappa shape index (κ2) is 3.48. The Morgan fingerprint density at radius 1 is 1.31 bits per heavy atom. The minimum absolute atomic E-state index is 0.930. The highest BCUT2D eigenvalue weighted by atomic mass is 14.8. The van der Waals surface area contributed by atoms with Crippen molar-refractivity contribution in [3.63, 3.8) is 0 Å². The lowest BCUT2D eigenvalue weighted by molar-refractivity contribution is 0.975. The van der Waals surface area contributed by atoms with Gasteiger partial charge in [-0.25, -0.2) is 0 Å². The predicted octanol–water partition coefficient (Wildman–Crippen LogP) is 2.50. The summed E-state index contributed by atoms with van der Waals surface area (Å²) in [6.07, 6.45) is 6.31. The van der Waals surface area contributed by atoms with Crippen LogP contribution in [0.25, 0.3) is 5.57 Å². The number of allylic oxidation sites excluding steroid dienone is 2. The second-order valence-corrected chi connectivity index (χ2v) is 3.27. The molecule has 0 aromatic heterocycles. The van der Waals surface area contributed by atoms with Gasteiger partial charge in [0.25, 0.3) is 0 Å². The third-order valence-corrected chi connectivity index (χ3v) is 2.17. The van der Waals surface area contributed by atoms with Crippen LogP contribution in [0.3, 0.4) is 0 Å². The molecule has 0 radical (unpaired) electrons. The van der Waals surface area contributed by atoms with Crippen molar-refractivity contribution in [1.82, 2.24) is 5.32 Å². The first kappa shape index (κ1) is 8.11. The second-order valence-electron chi connectivity index (χ2n) is 3.27. The molecular weight excluding hydrogens is 158 g/mol. The maximum absolute atomic E-state index is 3.14. The highest BCUT2D eigenvalue weighted by Gasteiger charge is 1.99. The molecule has 1 aromatic rings. The fraction of sp³-hybridized carbons (Fsp3) is 0.167. The van der Waals surface area contributed by atoms with Crippen LogP contribution in [0.5, 0.6) is 0 Å². The van der Waals surface area contributed by atoms with E-state index in [9.17, 15) is 0 Å². The molecule has 1 heterocycles. The topological polar surface area (TPSA) is 12.0 Å². The van der Waals surface area contributed by atoms with E-state index in [1.807, 2.05) is 6.20 Å². The maximum atomic E-state index is 3.14. The number of rotatable bonds is 1. The predicted molar refractivity (Wildman–Crippen MR) is 56.3 cm³/mol. The minimum atomic E-state index is 0.930. The molecule has 66 valence electrons. The Kier molecular flexibility index (Phi) is 2.17. The maximum Gasteiger partial charge on any atom is 0.0334 e. The Morgan fingerprint density at radius 2 is 2.23 bits per heavy atom.